The molecule has 0 fully saturated rings. The van der Waals surface area contributed by atoms with Crippen molar-refractivity contribution in [2.45, 2.75) is 12.2 Å². The zero-order chi connectivity index (χ0) is 24.1. The molecule has 0 saturated heterocycles. The van der Waals surface area contributed by atoms with Crippen molar-refractivity contribution in [2.75, 3.05) is 20.0 Å². The zero-order valence-corrected chi connectivity index (χ0v) is 20.4. The van der Waals surface area contributed by atoms with Gasteiger partial charge >= 0.3 is 0 Å². The van der Waals surface area contributed by atoms with Crippen LogP contribution in [0.2, 0.25) is 5.02 Å². The number of rotatable bonds is 9. The van der Waals surface area contributed by atoms with Crippen LogP contribution >= 0.6 is 11.6 Å². The summed E-state index contributed by atoms with van der Waals surface area (Å²) in [5.74, 6) is 1.46. The maximum Gasteiger partial charge on any atom is 0.168 e. The Morgan fingerprint density at radius 1 is 0.853 bits per heavy atom. The zero-order valence-electron chi connectivity index (χ0n) is 18.8. The first-order chi connectivity index (χ1) is 16.4. The second-order valence-electron chi connectivity index (χ2n) is 7.62. The van der Waals surface area contributed by atoms with E-state index < -0.39 is 9.84 Å². The second kappa shape index (κ2) is 10.3. The lowest BCUT2D eigenvalue weighted by Crippen LogP contribution is -2.16. The Kier molecular flexibility index (Phi) is 7.19. The molecule has 0 unspecified atom stereocenters. The molecule has 0 aliphatic carbocycles. The van der Waals surface area contributed by atoms with Crippen LogP contribution in [-0.4, -0.2) is 43.2 Å². The van der Waals surface area contributed by atoms with E-state index in [9.17, 15) is 8.42 Å². The van der Waals surface area contributed by atoms with Crippen LogP contribution in [-0.2, 0) is 22.0 Å². The van der Waals surface area contributed by atoms with Crippen molar-refractivity contribution in [2.24, 2.45) is 0 Å². The minimum absolute atomic E-state index is 0.0365. The first-order valence-corrected chi connectivity index (χ1v) is 12.8. The number of halogens is 1. The molecule has 0 atom stereocenters. The monoisotopic (exact) mass is 497 g/mol. The Balaban J connectivity index is 1.75. The minimum Gasteiger partial charge on any atom is -0.494 e. The molecule has 7 nitrogen and oxygen atoms in total. The van der Waals surface area contributed by atoms with Gasteiger partial charge in [-0.3, -0.25) is 4.57 Å². The molecule has 3 aromatic carbocycles. The van der Waals surface area contributed by atoms with Gasteiger partial charge in [0.1, 0.15) is 22.9 Å². The van der Waals surface area contributed by atoms with Gasteiger partial charge in [0.05, 0.1) is 20.0 Å². The maximum atomic E-state index is 13.1. The summed E-state index contributed by atoms with van der Waals surface area (Å²) in [6, 6.07) is 22.0. The van der Waals surface area contributed by atoms with Gasteiger partial charge in [-0.2, -0.15) is 0 Å². The summed E-state index contributed by atoms with van der Waals surface area (Å²) in [5, 5.41) is 9.24. The van der Waals surface area contributed by atoms with E-state index in [2.05, 4.69) is 10.2 Å². The van der Waals surface area contributed by atoms with E-state index in [1.165, 1.54) is 0 Å². The minimum atomic E-state index is -3.52. The third-order valence-electron chi connectivity index (χ3n) is 5.35. The molecule has 0 aliphatic heterocycles. The van der Waals surface area contributed by atoms with Crippen molar-refractivity contribution < 1.29 is 17.9 Å². The van der Waals surface area contributed by atoms with Gasteiger partial charge in [-0.1, -0.05) is 60.1 Å². The number of sulfone groups is 1. The fourth-order valence-corrected chi connectivity index (χ4v) is 5.06. The molecule has 176 valence electrons. The number of ether oxygens (including phenoxy) is 2. The molecular weight excluding hydrogens is 474 g/mol. The summed E-state index contributed by atoms with van der Waals surface area (Å²) in [6.07, 6.45) is 0.372. The van der Waals surface area contributed by atoms with E-state index in [0.717, 1.165) is 11.1 Å². The maximum absolute atomic E-state index is 13.1. The highest BCUT2D eigenvalue weighted by molar-refractivity contribution is 7.90. The van der Waals surface area contributed by atoms with E-state index >= 15 is 0 Å². The Morgan fingerprint density at radius 3 is 2.12 bits per heavy atom. The highest BCUT2D eigenvalue weighted by atomic mass is 35.5. The van der Waals surface area contributed by atoms with Gasteiger partial charge in [0.25, 0.3) is 0 Å². The van der Waals surface area contributed by atoms with Gasteiger partial charge < -0.3 is 9.47 Å². The molecule has 0 saturated carbocycles. The number of para-hydroxylation sites is 1. The van der Waals surface area contributed by atoms with Crippen LogP contribution in [0.5, 0.6) is 11.5 Å². The molecule has 0 spiro atoms. The fraction of sp³-hybridized carbons (Fsp3) is 0.200. The molecule has 0 bridgehead atoms. The van der Waals surface area contributed by atoms with Gasteiger partial charge in [-0.05, 0) is 36.2 Å². The summed E-state index contributed by atoms with van der Waals surface area (Å²) < 4.78 is 39.1. The van der Waals surface area contributed by atoms with E-state index in [1.54, 1.807) is 49.1 Å². The molecular formula is C25H24ClN3O4S. The quantitative estimate of drug-likeness (QED) is 0.331. The molecule has 34 heavy (non-hydrogen) atoms. The average molecular weight is 498 g/mol. The summed E-state index contributed by atoms with van der Waals surface area (Å²) in [7, 11) is -0.421. The van der Waals surface area contributed by atoms with Crippen LogP contribution in [0.15, 0.2) is 72.8 Å². The lowest BCUT2D eigenvalue weighted by Gasteiger charge is -2.17. The van der Waals surface area contributed by atoms with Crippen molar-refractivity contribution in [3.05, 3.63) is 89.2 Å². The first kappa shape index (κ1) is 23.8. The Hall–Kier alpha value is -3.36. The van der Waals surface area contributed by atoms with Gasteiger partial charge in [-0.25, -0.2) is 8.42 Å². The number of hydrogen-bond donors (Lipinski definition) is 0. The normalized spacial score (nSPS) is 11.4. The summed E-state index contributed by atoms with van der Waals surface area (Å²) in [6.45, 7) is 0. The van der Waals surface area contributed by atoms with Crippen LogP contribution in [0.3, 0.4) is 0 Å². The number of hydrogen-bond acceptors (Lipinski definition) is 6. The third-order valence-corrected chi connectivity index (χ3v) is 7.13. The van der Waals surface area contributed by atoms with Crippen LogP contribution < -0.4 is 9.47 Å². The van der Waals surface area contributed by atoms with Crippen molar-refractivity contribution in [3.63, 3.8) is 0 Å². The number of nitrogens with zero attached hydrogens (tertiary/aromatic N) is 3. The standard InChI is InChI=1S/C25H24ClN3O4S/c1-32-21-9-6-10-22(33-2)24(21)29-23(27-28-25(29)19-7-4-3-5-8-19)17-34(30,31)16-15-18-11-13-20(26)14-12-18/h3-14H,15-17H2,1-2H3. The lowest BCUT2D eigenvalue weighted by molar-refractivity contribution is 0.391. The Bertz CT molecular complexity index is 1350. The van der Waals surface area contributed by atoms with Crippen LogP contribution in [0.25, 0.3) is 17.1 Å². The molecule has 0 amide bonds. The highest BCUT2D eigenvalue weighted by Gasteiger charge is 2.25. The van der Waals surface area contributed by atoms with Gasteiger partial charge in [0.15, 0.2) is 21.5 Å². The molecule has 1 aromatic heterocycles. The van der Waals surface area contributed by atoms with Crippen molar-refractivity contribution in [1.29, 1.82) is 0 Å². The van der Waals surface area contributed by atoms with E-state index in [0.29, 0.717) is 34.5 Å². The Morgan fingerprint density at radius 2 is 1.50 bits per heavy atom. The van der Waals surface area contributed by atoms with Crippen molar-refractivity contribution in [3.8, 4) is 28.6 Å². The third kappa shape index (κ3) is 5.24. The van der Waals surface area contributed by atoms with Crippen LogP contribution in [0, 0.1) is 0 Å². The molecule has 1 heterocycles. The van der Waals surface area contributed by atoms with Crippen molar-refractivity contribution in [1.82, 2.24) is 14.8 Å². The number of aryl methyl sites for hydroxylation is 1. The molecule has 0 N–H and O–H groups in total. The number of aromatic nitrogens is 3. The van der Waals surface area contributed by atoms with Gasteiger partial charge in [0.2, 0.25) is 0 Å². The molecule has 4 aromatic rings. The highest BCUT2D eigenvalue weighted by Crippen LogP contribution is 2.36. The van der Waals surface area contributed by atoms with Crippen LogP contribution in [0.1, 0.15) is 11.4 Å². The predicted octanol–water partition coefficient (Wildman–Crippen LogP) is 4.76. The number of benzene rings is 3. The Labute approximate surface area is 203 Å². The van der Waals surface area contributed by atoms with Crippen molar-refractivity contribution >= 4 is 21.4 Å². The van der Waals surface area contributed by atoms with Crippen LogP contribution in [0.4, 0.5) is 0 Å². The van der Waals surface area contributed by atoms with E-state index in [1.807, 2.05) is 42.5 Å². The fourth-order valence-electron chi connectivity index (χ4n) is 3.66. The first-order valence-electron chi connectivity index (χ1n) is 10.6. The second-order valence-corrected chi connectivity index (χ2v) is 10.2. The molecule has 0 radical (unpaired) electrons. The molecule has 4 rings (SSSR count). The van der Waals surface area contributed by atoms with Gasteiger partial charge in [-0.15, -0.1) is 10.2 Å². The lowest BCUT2D eigenvalue weighted by atomic mass is 10.2. The largest absolute Gasteiger partial charge is 0.494 e. The smallest absolute Gasteiger partial charge is 0.168 e. The topological polar surface area (TPSA) is 83.3 Å². The average Bonchev–Trinajstić information content (AvgIpc) is 3.25. The predicted molar refractivity (Wildman–Crippen MR) is 133 cm³/mol. The molecule has 0 aliphatic rings. The number of methoxy groups -OCH3 is 2. The van der Waals surface area contributed by atoms with E-state index in [-0.39, 0.29) is 17.3 Å². The summed E-state index contributed by atoms with van der Waals surface area (Å²) in [4.78, 5) is 0. The summed E-state index contributed by atoms with van der Waals surface area (Å²) in [5.41, 5.74) is 2.22. The van der Waals surface area contributed by atoms with E-state index in [4.69, 9.17) is 21.1 Å². The molecule has 9 heteroatoms. The SMILES string of the molecule is COc1cccc(OC)c1-n1c(CS(=O)(=O)CCc2ccc(Cl)cc2)nnc1-c1ccccc1. The van der Waals surface area contributed by atoms with Gasteiger partial charge in [0, 0.05) is 10.6 Å². The summed E-state index contributed by atoms with van der Waals surface area (Å²) >= 11 is 5.93.